The zero-order valence-corrected chi connectivity index (χ0v) is 26.1. The Labute approximate surface area is 231 Å². The largest absolute Gasteiger partial charge is 0.329 e. The van der Waals surface area contributed by atoms with Crippen LogP contribution in [0.1, 0.15) is 121 Å². The Bertz CT molecular complexity index is 830. The van der Waals surface area contributed by atoms with Crippen molar-refractivity contribution in [2.24, 2.45) is 0 Å². The maximum absolute atomic E-state index is 6.69. The highest BCUT2D eigenvalue weighted by Crippen LogP contribution is 2.44. The molecule has 2 N–H and O–H groups in total. The van der Waals surface area contributed by atoms with Crippen LogP contribution in [0.5, 0.6) is 0 Å². The zero-order chi connectivity index (χ0) is 27.6. The van der Waals surface area contributed by atoms with E-state index in [1.165, 1.54) is 25.7 Å². The summed E-state index contributed by atoms with van der Waals surface area (Å²) >= 11 is 6.69. The topological polar surface area (TPSA) is 69.2 Å². The van der Waals surface area contributed by atoms with Crippen molar-refractivity contribution < 1.29 is 0 Å². The number of hydrogen-bond acceptors (Lipinski definition) is 7. The van der Waals surface area contributed by atoms with E-state index in [1.54, 1.807) is 0 Å². The Morgan fingerprint density at radius 1 is 0.703 bits per heavy atom. The van der Waals surface area contributed by atoms with Crippen molar-refractivity contribution in [3.05, 3.63) is 5.28 Å². The molecule has 2 aliphatic heterocycles. The number of piperidine rings is 2. The molecule has 2 fully saturated rings. The molecule has 0 radical (unpaired) electrons. The van der Waals surface area contributed by atoms with Crippen LogP contribution in [0.4, 0.5) is 11.9 Å². The van der Waals surface area contributed by atoms with Crippen LogP contribution in [0, 0.1) is 0 Å². The Hall–Kier alpha value is -1.18. The van der Waals surface area contributed by atoms with Gasteiger partial charge in [0, 0.05) is 23.2 Å². The van der Waals surface area contributed by atoms with E-state index >= 15 is 0 Å². The van der Waals surface area contributed by atoms with Gasteiger partial charge < -0.3 is 20.4 Å². The predicted molar refractivity (Wildman–Crippen MR) is 158 cm³/mol. The Balaban J connectivity index is 2.03. The molecule has 0 aliphatic carbocycles. The van der Waals surface area contributed by atoms with Crippen LogP contribution in [0.3, 0.4) is 0 Å². The van der Waals surface area contributed by atoms with Crippen LogP contribution < -0.4 is 20.4 Å². The fourth-order valence-corrected chi connectivity index (χ4v) is 7.14. The van der Waals surface area contributed by atoms with Gasteiger partial charge in [0.15, 0.2) is 0 Å². The van der Waals surface area contributed by atoms with Crippen molar-refractivity contribution >= 4 is 23.5 Å². The summed E-state index contributed by atoms with van der Waals surface area (Å²) < 4.78 is 0. The molecular weight excluding hydrogens is 482 g/mol. The van der Waals surface area contributed by atoms with Crippen molar-refractivity contribution in [3.8, 4) is 0 Å². The van der Waals surface area contributed by atoms with Crippen molar-refractivity contribution in [2.45, 2.75) is 155 Å². The van der Waals surface area contributed by atoms with Gasteiger partial charge in [-0.2, -0.15) is 15.0 Å². The summed E-state index contributed by atoms with van der Waals surface area (Å²) in [7, 11) is 0. The van der Waals surface area contributed by atoms with Crippen LogP contribution >= 0.6 is 11.6 Å². The minimum Gasteiger partial charge on any atom is -0.329 e. The maximum Gasteiger partial charge on any atom is 0.232 e. The van der Waals surface area contributed by atoms with E-state index in [2.05, 4.69) is 89.7 Å². The quantitative estimate of drug-likeness (QED) is 0.338. The molecule has 2 aliphatic rings. The summed E-state index contributed by atoms with van der Waals surface area (Å²) in [4.78, 5) is 19.5. The van der Waals surface area contributed by atoms with Gasteiger partial charge >= 0.3 is 0 Å². The zero-order valence-electron chi connectivity index (χ0n) is 25.3. The minimum absolute atomic E-state index is 0.106. The lowest BCUT2D eigenvalue weighted by atomic mass is 9.76. The van der Waals surface area contributed by atoms with Gasteiger partial charge in [-0.3, -0.25) is 0 Å². The molecule has 7 nitrogen and oxygen atoms in total. The SMILES string of the molecule is CCCCNC1CCC(C)(C)N(c2nc(Cl)nc(N3C(C)(C)CCC(NCCCC)C3(C)C)n2)C1(C)C. The van der Waals surface area contributed by atoms with Crippen LogP contribution in [0.15, 0.2) is 0 Å². The van der Waals surface area contributed by atoms with Crippen molar-refractivity contribution in [3.63, 3.8) is 0 Å². The van der Waals surface area contributed by atoms with E-state index in [-0.39, 0.29) is 27.4 Å². The molecule has 2 unspecified atom stereocenters. The third kappa shape index (κ3) is 6.36. The van der Waals surface area contributed by atoms with E-state index < -0.39 is 0 Å². The highest BCUT2D eigenvalue weighted by atomic mass is 35.5. The molecule has 0 spiro atoms. The number of aromatic nitrogens is 3. The Morgan fingerprint density at radius 2 is 1.08 bits per heavy atom. The van der Waals surface area contributed by atoms with Gasteiger partial charge in [0.05, 0.1) is 11.1 Å². The van der Waals surface area contributed by atoms with Gasteiger partial charge in [-0.1, -0.05) is 26.7 Å². The van der Waals surface area contributed by atoms with Crippen LogP contribution in [0.25, 0.3) is 0 Å². The average Bonchev–Trinajstić information content (AvgIpc) is 2.75. The second-order valence-corrected chi connectivity index (χ2v) is 13.9. The minimum atomic E-state index is -0.186. The predicted octanol–water partition coefficient (Wildman–Crippen LogP) is 6.36. The molecule has 1 aromatic rings. The summed E-state index contributed by atoms with van der Waals surface area (Å²) in [5, 5.41) is 7.93. The van der Waals surface area contributed by atoms with Gasteiger partial charge in [0.2, 0.25) is 17.2 Å². The van der Waals surface area contributed by atoms with E-state index in [9.17, 15) is 0 Å². The van der Waals surface area contributed by atoms with Gasteiger partial charge in [0.1, 0.15) is 0 Å². The number of nitrogens with one attached hydrogen (secondary N) is 2. The summed E-state index contributed by atoms with van der Waals surface area (Å²) in [6.07, 6.45) is 9.13. The molecular formula is C29H54ClN7. The molecule has 3 heterocycles. The fraction of sp³-hybridized carbons (Fsp3) is 0.897. The van der Waals surface area contributed by atoms with E-state index in [0.717, 1.165) is 38.8 Å². The lowest BCUT2D eigenvalue weighted by Gasteiger charge is -2.58. The monoisotopic (exact) mass is 535 g/mol. The van der Waals surface area contributed by atoms with Gasteiger partial charge in [-0.15, -0.1) is 0 Å². The molecule has 8 heteroatoms. The third-order valence-electron chi connectivity index (χ3n) is 8.99. The lowest BCUT2D eigenvalue weighted by molar-refractivity contribution is 0.178. The number of hydrogen-bond donors (Lipinski definition) is 2. The summed E-state index contributed by atoms with van der Waals surface area (Å²) in [5.74, 6) is 1.36. The lowest BCUT2D eigenvalue weighted by Crippen LogP contribution is -2.69. The molecule has 0 saturated carbocycles. The van der Waals surface area contributed by atoms with Crippen molar-refractivity contribution in [1.29, 1.82) is 0 Å². The second-order valence-electron chi connectivity index (χ2n) is 13.6. The number of halogens is 1. The van der Waals surface area contributed by atoms with Gasteiger partial charge in [-0.05, 0) is 119 Å². The van der Waals surface area contributed by atoms with Gasteiger partial charge in [0.25, 0.3) is 0 Å². The molecule has 37 heavy (non-hydrogen) atoms. The van der Waals surface area contributed by atoms with Crippen LogP contribution in [-0.4, -0.2) is 62.3 Å². The number of nitrogens with zero attached hydrogens (tertiary/aromatic N) is 5. The molecule has 1 aromatic heterocycles. The highest BCUT2D eigenvalue weighted by molar-refractivity contribution is 6.28. The van der Waals surface area contributed by atoms with Crippen LogP contribution in [-0.2, 0) is 0 Å². The second kappa shape index (κ2) is 11.5. The average molecular weight is 536 g/mol. The summed E-state index contributed by atoms with van der Waals surface area (Å²) in [6, 6.07) is 0.696. The third-order valence-corrected chi connectivity index (χ3v) is 9.15. The van der Waals surface area contributed by atoms with E-state index in [0.29, 0.717) is 24.0 Å². The molecule has 2 atom stereocenters. The standard InChI is InChI=1S/C29H54ClN7/c1-11-13-19-31-21-15-17-26(3,4)36(28(21,7)8)24-33-23(30)34-25(35-24)37-27(5,6)18-16-22(29(37,9)10)32-20-14-12-2/h21-22,31-32H,11-20H2,1-10H3. The summed E-state index contributed by atoms with van der Waals surface area (Å²) in [5.41, 5.74) is -0.583. The smallest absolute Gasteiger partial charge is 0.232 e. The Kier molecular flexibility index (Phi) is 9.45. The van der Waals surface area contributed by atoms with E-state index in [4.69, 9.17) is 26.6 Å². The van der Waals surface area contributed by atoms with Gasteiger partial charge in [-0.25, -0.2) is 0 Å². The first-order valence-electron chi connectivity index (χ1n) is 14.7. The molecule has 0 amide bonds. The number of rotatable bonds is 10. The first kappa shape index (κ1) is 30.4. The summed E-state index contributed by atoms with van der Waals surface area (Å²) in [6.45, 7) is 25.0. The molecule has 0 aromatic carbocycles. The molecule has 2 saturated heterocycles. The normalized spacial score (nSPS) is 26.4. The first-order chi connectivity index (χ1) is 17.2. The fourth-order valence-electron chi connectivity index (χ4n) is 6.99. The van der Waals surface area contributed by atoms with Crippen LogP contribution in [0.2, 0.25) is 5.28 Å². The first-order valence-corrected chi connectivity index (χ1v) is 15.0. The maximum atomic E-state index is 6.69. The molecule has 3 rings (SSSR count). The Morgan fingerprint density at radius 3 is 1.43 bits per heavy atom. The number of unbranched alkanes of at least 4 members (excludes halogenated alkanes) is 2. The highest BCUT2D eigenvalue weighted by Gasteiger charge is 2.51. The van der Waals surface area contributed by atoms with E-state index in [1.807, 2.05) is 0 Å². The molecule has 212 valence electrons. The van der Waals surface area contributed by atoms with Crippen molar-refractivity contribution in [2.75, 3.05) is 22.9 Å². The number of anilines is 2. The molecule has 0 bridgehead atoms. The van der Waals surface area contributed by atoms with Crippen molar-refractivity contribution in [1.82, 2.24) is 25.6 Å².